The predicted octanol–water partition coefficient (Wildman–Crippen LogP) is 9.18. The molecule has 48 heavy (non-hydrogen) atoms. The molecule has 2 atom stereocenters. The van der Waals surface area contributed by atoms with Crippen LogP contribution in [-0.4, -0.2) is 62.9 Å². The van der Waals surface area contributed by atoms with E-state index in [4.69, 9.17) is 14.2 Å². The van der Waals surface area contributed by atoms with E-state index < -0.39 is 5.60 Å². The van der Waals surface area contributed by atoms with E-state index in [0.717, 1.165) is 12.8 Å². The molecular weight excluding hydrogens is 604 g/mol. The molecule has 0 spiro atoms. The zero-order chi connectivity index (χ0) is 36.5. The van der Waals surface area contributed by atoms with Crippen LogP contribution in [0.4, 0.5) is 0 Å². The molecule has 0 radical (unpaired) electrons. The summed E-state index contributed by atoms with van der Waals surface area (Å²) in [4.78, 5) is 37.1. The normalized spacial score (nSPS) is 13.6. The largest absolute Gasteiger partial charge is 0.460 e. The van der Waals surface area contributed by atoms with Crippen LogP contribution in [0.3, 0.4) is 0 Å². The fourth-order valence-electron chi connectivity index (χ4n) is 5.53. The SMILES string of the molecule is CCCCCCCCCCCCCCCC(=O)NCC(C)COCC(C)(C)CC(=O)NCC(C)COCC(C)(C)CC(=O)OC(C)(C)C. The summed E-state index contributed by atoms with van der Waals surface area (Å²) in [6.07, 6.45) is 18.2. The molecule has 0 aromatic heterocycles. The first-order valence-corrected chi connectivity index (χ1v) is 19.4. The van der Waals surface area contributed by atoms with Crippen molar-refractivity contribution in [1.29, 1.82) is 0 Å². The Labute approximate surface area is 296 Å². The molecule has 0 rings (SSSR count). The van der Waals surface area contributed by atoms with Crippen LogP contribution in [0, 0.1) is 22.7 Å². The van der Waals surface area contributed by atoms with Gasteiger partial charge in [-0.1, -0.05) is 126 Å². The second-order valence-electron chi connectivity index (χ2n) is 17.1. The summed E-state index contributed by atoms with van der Waals surface area (Å²) in [6.45, 7) is 23.1. The maximum Gasteiger partial charge on any atom is 0.306 e. The van der Waals surface area contributed by atoms with E-state index in [0.29, 0.717) is 58.8 Å². The Morgan fingerprint density at radius 3 is 1.40 bits per heavy atom. The second kappa shape index (κ2) is 26.2. The molecule has 8 nitrogen and oxygen atoms in total. The second-order valence-corrected chi connectivity index (χ2v) is 17.1. The highest BCUT2D eigenvalue weighted by atomic mass is 16.6. The molecule has 0 aliphatic carbocycles. The predicted molar refractivity (Wildman–Crippen MR) is 199 cm³/mol. The van der Waals surface area contributed by atoms with Crippen LogP contribution in [-0.2, 0) is 28.6 Å². The lowest BCUT2D eigenvalue weighted by Gasteiger charge is -2.27. The zero-order valence-corrected chi connectivity index (χ0v) is 33.2. The van der Waals surface area contributed by atoms with E-state index in [-0.39, 0.29) is 40.4 Å². The third-order valence-electron chi connectivity index (χ3n) is 8.28. The van der Waals surface area contributed by atoms with Crippen molar-refractivity contribution in [2.75, 3.05) is 39.5 Å². The van der Waals surface area contributed by atoms with E-state index in [1.165, 1.54) is 70.6 Å². The van der Waals surface area contributed by atoms with Crippen molar-refractivity contribution in [3.05, 3.63) is 0 Å². The Morgan fingerprint density at radius 2 is 0.958 bits per heavy atom. The van der Waals surface area contributed by atoms with Crippen molar-refractivity contribution in [2.24, 2.45) is 22.7 Å². The number of carbonyl (C=O) groups is 3. The quantitative estimate of drug-likeness (QED) is 0.0579. The lowest BCUT2D eigenvalue weighted by Crippen LogP contribution is -2.35. The number of carbonyl (C=O) groups excluding carboxylic acids is 3. The van der Waals surface area contributed by atoms with Gasteiger partial charge in [0, 0.05) is 25.9 Å². The van der Waals surface area contributed by atoms with Crippen LogP contribution in [0.25, 0.3) is 0 Å². The number of ether oxygens (including phenoxy) is 3. The number of amides is 2. The summed E-state index contributed by atoms with van der Waals surface area (Å²) in [7, 11) is 0. The van der Waals surface area contributed by atoms with Gasteiger partial charge >= 0.3 is 5.97 Å². The molecule has 0 fully saturated rings. The maximum absolute atomic E-state index is 12.6. The summed E-state index contributed by atoms with van der Waals surface area (Å²) >= 11 is 0. The van der Waals surface area contributed by atoms with Crippen LogP contribution in [0.5, 0.6) is 0 Å². The smallest absolute Gasteiger partial charge is 0.306 e. The van der Waals surface area contributed by atoms with E-state index in [1.54, 1.807) is 0 Å². The molecule has 0 saturated heterocycles. The van der Waals surface area contributed by atoms with Gasteiger partial charge in [0.2, 0.25) is 11.8 Å². The Bertz CT molecular complexity index is 851. The average Bonchev–Trinajstić information content (AvgIpc) is 2.95. The Hall–Kier alpha value is -1.67. The van der Waals surface area contributed by atoms with Crippen molar-refractivity contribution < 1.29 is 28.6 Å². The topological polar surface area (TPSA) is 103 Å². The van der Waals surface area contributed by atoms with Crippen LogP contribution >= 0.6 is 0 Å². The number of hydrogen-bond acceptors (Lipinski definition) is 6. The van der Waals surface area contributed by atoms with E-state index in [1.807, 2.05) is 55.4 Å². The van der Waals surface area contributed by atoms with Gasteiger partial charge in [-0.05, 0) is 49.9 Å². The Balaban J connectivity index is 3.93. The van der Waals surface area contributed by atoms with Crippen molar-refractivity contribution in [2.45, 2.75) is 178 Å². The third kappa shape index (κ3) is 30.4. The lowest BCUT2D eigenvalue weighted by molar-refractivity contribution is -0.158. The van der Waals surface area contributed by atoms with Crippen molar-refractivity contribution in [3.8, 4) is 0 Å². The maximum atomic E-state index is 12.6. The summed E-state index contributed by atoms with van der Waals surface area (Å²) in [5.74, 6) is 0.256. The van der Waals surface area contributed by atoms with Gasteiger partial charge < -0.3 is 24.8 Å². The number of esters is 1. The minimum atomic E-state index is -0.496. The molecule has 8 heteroatoms. The Morgan fingerprint density at radius 1 is 0.562 bits per heavy atom. The van der Waals surface area contributed by atoms with E-state index >= 15 is 0 Å². The molecule has 0 aromatic rings. The monoisotopic (exact) mass is 683 g/mol. The van der Waals surface area contributed by atoms with Gasteiger partial charge in [-0.2, -0.15) is 0 Å². The number of unbranched alkanes of at least 4 members (excludes halogenated alkanes) is 12. The zero-order valence-electron chi connectivity index (χ0n) is 33.2. The number of hydrogen-bond donors (Lipinski definition) is 2. The molecular formula is C40H78N2O6. The van der Waals surface area contributed by atoms with Crippen LogP contribution in [0.15, 0.2) is 0 Å². The molecule has 2 unspecified atom stereocenters. The molecule has 0 bridgehead atoms. The molecule has 2 amide bonds. The summed E-state index contributed by atoms with van der Waals surface area (Å²) in [5.41, 5.74) is -1.12. The van der Waals surface area contributed by atoms with Crippen molar-refractivity contribution in [3.63, 3.8) is 0 Å². The van der Waals surface area contributed by atoms with E-state index in [9.17, 15) is 14.4 Å². The highest BCUT2D eigenvalue weighted by Crippen LogP contribution is 2.24. The molecule has 2 N–H and O–H groups in total. The lowest BCUT2D eigenvalue weighted by atomic mass is 9.90. The van der Waals surface area contributed by atoms with Crippen LogP contribution in [0.1, 0.15) is 172 Å². The minimum Gasteiger partial charge on any atom is -0.460 e. The van der Waals surface area contributed by atoms with E-state index in [2.05, 4.69) is 24.5 Å². The van der Waals surface area contributed by atoms with Gasteiger partial charge in [0.15, 0.2) is 0 Å². The summed E-state index contributed by atoms with van der Waals surface area (Å²) in [5, 5.41) is 6.08. The summed E-state index contributed by atoms with van der Waals surface area (Å²) in [6, 6.07) is 0. The molecule has 0 heterocycles. The van der Waals surface area contributed by atoms with Gasteiger partial charge in [-0.25, -0.2) is 0 Å². The minimum absolute atomic E-state index is 0.00539. The first kappa shape index (κ1) is 46.3. The van der Waals surface area contributed by atoms with Gasteiger partial charge in [-0.3, -0.25) is 14.4 Å². The van der Waals surface area contributed by atoms with Crippen LogP contribution in [0.2, 0.25) is 0 Å². The standard InChI is InChI=1S/C40H78N2O6/c1-11-12-13-14-15-16-17-18-19-20-21-22-23-24-35(43)41-27-33(2)29-46-31-39(7,8)25-36(44)42-28-34(3)30-47-32-40(9,10)26-37(45)48-38(4,5)6/h33-34H,11-32H2,1-10H3,(H,41,43)(H,42,44). The van der Waals surface area contributed by atoms with Gasteiger partial charge in [0.05, 0.1) is 32.8 Å². The molecule has 0 aliphatic heterocycles. The highest BCUT2D eigenvalue weighted by molar-refractivity contribution is 5.76. The molecule has 0 aromatic carbocycles. The Kier molecular flexibility index (Phi) is 25.3. The molecule has 0 aliphatic rings. The average molecular weight is 683 g/mol. The fourth-order valence-corrected chi connectivity index (χ4v) is 5.53. The van der Waals surface area contributed by atoms with Gasteiger partial charge in [0.1, 0.15) is 5.60 Å². The molecule has 0 saturated carbocycles. The fraction of sp³-hybridized carbons (Fsp3) is 0.925. The molecule has 284 valence electrons. The number of rotatable bonds is 30. The summed E-state index contributed by atoms with van der Waals surface area (Å²) < 4.78 is 17.3. The first-order chi connectivity index (χ1) is 22.4. The first-order valence-electron chi connectivity index (χ1n) is 19.4. The number of nitrogens with one attached hydrogen (secondary N) is 2. The highest BCUT2D eigenvalue weighted by Gasteiger charge is 2.27. The van der Waals surface area contributed by atoms with Crippen LogP contribution < -0.4 is 10.6 Å². The van der Waals surface area contributed by atoms with Crippen molar-refractivity contribution in [1.82, 2.24) is 10.6 Å². The van der Waals surface area contributed by atoms with Gasteiger partial charge in [-0.15, -0.1) is 0 Å². The van der Waals surface area contributed by atoms with Gasteiger partial charge in [0.25, 0.3) is 0 Å². The van der Waals surface area contributed by atoms with Crippen molar-refractivity contribution >= 4 is 17.8 Å². The third-order valence-corrected chi connectivity index (χ3v) is 8.28.